The highest BCUT2D eigenvalue weighted by Crippen LogP contribution is 2.31. The Morgan fingerprint density at radius 3 is 0.566 bits per heavy atom. The van der Waals surface area contributed by atoms with E-state index in [1.807, 2.05) is 0 Å². The third kappa shape index (κ3) is 55.9. The molecule has 0 aromatic heterocycles. The molecule has 0 heterocycles. The minimum absolute atomic E-state index is 0.0611. The van der Waals surface area contributed by atoms with E-state index in [4.69, 9.17) is 37.9 Å². The molecule has 4 rings (SSSR count). The summed E-state index contributed by atoms with van der Waals surface area (Å²) < 4.78 is 44.7. The van der Waals surface area contributed by atoms with Gasteiger partial charge in [0, 0.05) is 51.9 Å². The lowest BCUT2D eigenvalue weighted by atomic mass is 9.86. The number of hydrogen-bond donors (Lipinski definition) is 0. The second-order valence-corrected chi connectivity index (χ2v) is 32.1. The van der Waals surface area contributed by atoms with Crippen LogP contribution in [0.1, 0.15) is 372 Å². The monoisotopic (exact) mass is 1500 g/mol. The molecule has 0 saturated heterocycles. The third-order valence-electron chi connectivity index (χ3n) is 22.7. The summed E-state index contributed by atoms with van der Waals surface area (Å²) in [6, 6.07) is 0. The van der Waals surface area contributed by atoms with Crippen LogP contribution in [-0.4, -0.2) is 175 Å². The van der Waals surface area contributed by atoms with Gasteiger partial charge in [-0.15, -0.1) is 0 Å². The number of ether oxygens (including phenoxy) is 8. The van der Waals surface area contributed by atoms with Crippen molar-refractivity contribution in [2.75, 3.05) is 112 Å². The Labute approximate surface area is 644 Å². The van der Waals surface area contributed by atoms with Gasteiger partial charge in [0.2, 0.25) is 0 Å². The summed E-state index contributed by atoms with van der Waals surface area (Å²) in [5, 5.41) is 0. The summed E-state index contributed by atoms with van der Waals surface area (Å²) in [6.45, 7) is 8.36. The molecule has 4 fully saturated rings. The molecule has 4 saturated carbocycles. The molecule has 0 amide bonds. The van der Waals surface area contributed by atoms with Gasteiger partial charge in [-0.1, -0.05) is 231 Å². The van der Waals surface area contributed by atoms with E-state index in [-0.39, 0.29) is 73.4 Å². The molecule has 0 unspecified atom stereocenters. The Balaban J connectivity index is 1.13. The number of carbonyl (C=O) groups is 8. The standard InChI is InChI=1S/C87H155N3O16/c1-88(60-38-62-89(64-56-84(95)103-72-34-14-6-2-10-30-68-99-80(91)52-48-76-40-22-18-23-41-76)65-57-85(96)104-73-35-15-7-3-11-31-69-100-81(92)53-49-77-42-24-19-25-43-77)61-39-63-90(66-58-86(97)105-74-36-16-8-4-12-32-70-101-82(93)54-50-78-44-26-20-27-45-78)67-59-87(98)106-75-37-17-9-5-13-33-71-102-83(94)55-51-79-46-28-21-29-47-79/h76-79H,2-75H2,1H3. The lowest BCUT2D eigenvalue weighted by Gasteiger charge is -2.25. The summed E-state index contributed by atoms with van der Waals surface area (Å²) in [6.07, 6.45) is 57.1. The van der Waals surface area contributed by atoms with Crippen LogP contribution in [0.2, 0.25) is 0 Å². The van der Waals surface area contributed by atoms with Gasteiger partial charge in [-0.05, 0) is 147 Å². The van der Waals surface area contributed by atoms with E-state index in [0.717, 1.165) is 206 Å². The predicted molar refractivity (Wildman–Crippen MR) is 420 cm³/mol. The lowest BCUT2D eigenvalue weighted by Crippen LogP contribution is -2.34. The molecule has 0 aliphatic heterocycles. The quantitative estimate of drug-likeness (QED) is 0.0314. The van der Waals surface area contributed by atoms with E-state index in [1.54, 1.807) is 0 Å². The van der Waals surface area contributed by atoms with Crippen LogP contribution in [0.15, 0.2) is 0 Å². The Morgan fingerprint density at radius 1 is 0.208 bits per heavy atom. The van der Waals surface area contributed by atoms with Crippen molar-refractivity contribution in [1.29, 1.82) is 0 Å². The van der Waals surface area contributed by atoms with Crippen LogP contribution in [-0.2, 0) is 76.3 Å². The van der Waals surface area contributed by atoms with E-state index in [1.165, 1.54) is 128 Å². The fraction of sp³-hybridized carbons (Fsp3) is 0.908. The molecule has 0 bridgehead atoms. The van der Waals surface area contributed by atoms with Gasteiger partial charge in [0.15, 0.2) is 0 Å². The first-order valence-corrected chi connectivity index (χ1v) is 44.3. The highest BCUT2D eigenvalue weighted by Gasteiger charge is 2.21. The fourth-order valence-electron chi connectivity index (χ4n) is 15.8. The number of unbranched alkanes of at least 4 members (excludes halogenated alkanes) is 20. The Morgan fingerprint density at radius 2 is 0.377 bits per heavy atom. The number of esters is 8. The van der Waals surface area contributed by atoms with Crippen molar-refractivity contribution in [3.63, 3.8) is 0 Å². The molecule has 0 spiro atoms. The molecule has 4 aliphatic carbocycles. The molecule has 4 aliphatic rings. The van der Waals surface area contributed by atoms with E-state index >= 15 is 0 Å². The summed E-state index contributed by atoms with van der Waals surface area (Å²) >= 11 is 0. The Bertz CT molecular complexity index is 1920. The zero-order chi connectivity index (χ0) is 75.6. The van der Waals surface area contributed by atoms with Gasteiger partial charge in [0.1, 0.15) is 0 Å². The maximum absolute atomic E-state index is 13.1. The van der Waals surface area contributed by atoms with Crippen LogP contribution in [0, 0.1) is 23.7 Å². The van der Waals surface area contributed by atoms with Crippen LogP contribution in [0.3, 0.4) is 0 Å². The predicted octanol–water partition coefficient (Wildman–Crippen LogP) is 19.0. The molecule has 0 N–H and O–H groups in total. The molecule has 0 aromatic rings. The molecule has 614 valence electrons. The van der Waals surface area contributed by atoms with Crippen LogP contribution in [0.25, 0.3) is 0 Å². The molecule has 0 aromatic carbocycles. The number of rotatable bonds is 68. The second-order valence-electron chi connectivity index (χ2n) is 32.1. The van der Waals surface area contributed by atoms with Gasteiger partial charge >= 0.3 is 47.8 Å². The lowest BCUT2D eigenvalue weighted by molar-refractivity contribution is -0.146. The van der Waals surface area contributed by atoms with E-state index < -0.39 is 0 Å². The highest BCUT2D eigenvalue weighted by molar-refractivity contribution is 5.72. The molecular formula is C87H155N3O16. The first-order chi connectivity index (χ1) is 51.9. The summed E-state index contributed by atoms with van der Waals surface area (Å²) in [5.74, 6) is 1.54. The topological polar surface area (TPSA) is 220 Å². The van der Waals surface area contributed by atoms with Gasteiger partial charge in [-0.25, -0.2) is 0 Å². The minimum atomic E-state index is -0.240. The summed E-state index contributed by atoms with van der Waals surface area (Å²) in [5.41, 5.74) is 0. The Kier molecular flexibility index (Phi) is 58.9. The highest BCUT2D eigenvalue weighted by atomic mass is 16.6. The first-order valence-electron chi connectivity index (χ1n) is 44.3. The van der Waals surface area contributed by atoms with Crippen LogP contribution in [0.5, 0.6) is 0 Å². The van der Waals surface area contributed by atoms with Gasteiger partial charge in [-0.3, -0.25) is 38.4 Å². The molecule has 0 radical (unpaired) electrons. The number of nitrogens with zero attached hydrogens (tertiary/aromatic N) is 3. The number of carbonyl (C=O) groups excluding carboxylic acids is 8. The average Bonchev–Trinajstić information content (AvgIpc) is 1.23. The van der Waals surface area contributed by atoms with Crippen LogP contribution in [0.4, 0.5) is 0 Å². The zero-order valence-corrected chi connectivity index (χ0v) is 67.5. The zero-order valence-electron chi connectivity index (χ0n) is 67.5. The Hall–Kier alpha value is -4.36. The van der Waals surface area contributed by atoms with Crippen LogP contribution >= 0.6 is 0 Å². The van der Waals surface area contributed by atoms with Gasteiger partial charge < -0.3 is 52.6 Å². The molecule has 0 atom stereocenters. The third-order valence-corrected chi connectivity index (χ3v) is 22.7. The molecule has 19 nitrogen and oxygen atoms in total. The van der Waals surface area contributed by atoms with Gasteiger partial charge in [0.05, 0.1) is 78.5 Å². The van der Waals surface area contributed by atoms with E-state index in [0.29, 0.717) is 141 Å². The van der Waals surface area contributed by atoms with E-state index in [2.05, 4.69) is 21.7 Å². The van der Waals surface area contributed by atoms with Crippen molar-refractivity contribution in [1.82, 2.24) is 14.7 Å². The largest absolute Gasteiger partial charge is 0.466 e. The van der Waals surface area contributed by atoms with Crippen molar-refractivity contribution in [3.8, 4) is 0 Å². The van der Waals surface area contributed by atoms with Crippen molar-refractivity contribution in [2.24, 2.45) is 23.7 Å². The normalized spacial score (nSPS) is 15.6. The smallest absolute Gasteiger partial charge is 0.307 e. The summed E-state index contributed by atoms with van der Waals surface area (Å²) in [7, 11) is 2.10. The SMILES string of the molecule is CN(CCCN(CCC(=O)OCCCCCCCCOC(=O)CCC1CCCCC1)CCC(=O)OCCCCCCCCOC(=O)CCC1CCCCC1)CCCN(CCC(=O)OCCCCCCCCOC(=O)CCC1CCCCC1)CCC(=O)OCCCCCCCCOC(=O)CCC1CCCCC1. The van der Waals surface area contributed by atoms with Crippen molar-refractivity contribution >= 4 is 47.8 Å². The average molecular weight is 1500 g/mol. The minimum Gasteiger partial charge on any atom is -0.466 e. The fourth-order valence-corrected chi connectivity index (χ4v) is 15.8. The van der Waals surface area contributed by atoms with Crippen LogP contribution < -0.4 is 0 Å². The van der Waals surface area contributed by atoms with Crippen molar-refractivity contribution in [2.45, 2.75) is 372 Å². The van der Waals surface area contributed by atoms with E-state index in [9.17, 15) is 38.4 Å². The van der Waals surface area contributed by atoms with Gasteiger partial charge in [-0.2, -0.15) is 0 Å². The first kappa shape index (κ1) is 94.0. The van der Waals surface area contributed by atoms with Crippen molar-refractivity contribution < 1.29 is 76.3 Å². The van der Waals surface area contributed by atoms with Gasteiger partial charge in [0.25, 0.3) is 0 Å². The molecule has 19 heteroatoms. The number of hydrogen-bond acceptors (Lipinski definition) is 19. The summed E-state index contributed by atoms with van der Waals surface area (Å²) in [4.78, 5) is 108. The molecule has 106 heavy (non-hydrogen) atoms. The van der Waals surface area contributed by atoms with Crippen molar-refractivity contribution in [3.05, 3.63) is 0 Å². The second kappa shape index (κ2) is 66.4. The molecular weight excluding hydrogens is 1340 g/mol. The maximum Gasteiger partial charge on any atom is 0.307 e. The maximum atomic E-state index is 13.1.